The Morgan fingerprint density at radius 1 is 0.588 bits per heavy atom. The van der Waals surface area contributed by atoms with E-state index in [4.69, 9.17) is 48.7 Å². The summed E-state index contributed by atoms with van der Waals surface area (Å²) in [5.74, 6) is 0. The Morgan fingerprint density at radius 3 is 0.647 bits per heavy atom. The van der Waals surface area contributed by atoms with Crippen molar-refractivity contribution in [1.29, 1.82) is 0 Å². The zero-order valence-corrected chi connectivity index (χ0v) is 11.8. The maximum absolute atomic E-state index is 8.85. The van der Waals surface area contributed by atoms with Crippen LogP contribution in [0.3, 0.4) is 0 Å². The van der Waals surface area contributed by atoms with Crippen LogP contribution in [-0.4, -0.2) is 46.8 Å². The summed E-state index contributed by atoms with van der Waals surface area (Å²) in [5.41, 5.74) is 29.4. The van der Waals surface area contributed by atoms with E-state index in [0.717, 1.165) is 0 Å². The van der Waals surface area contributed by atoms with Crippen molar-refractivity contribution in [3.63, 3.8) is 0 Å². The quantitative estimate of drug-likeness (QED) is 0.228. The predicted molar refractivity (Wildman–Crippen MR) is 60.1 cm³/mol. The number of nitrogens with two attached hydrogens (primary N) is 6. The first-order valence-corrected chi connectivity index (χ1v) is 8.08. The zero-order chi connectivity index (χ0) is 14.7. The fraction of sp³-hybridized carbons (Fsp3) is 1.00. The normalized spacial score (nSPS) is 8.71. The summed E-state index contributed by atoms with van der Waals surface area (Å²) in [5, 5.41) is 0. The SMILES string of the molecule is NCCN.NCCN.NCCN.[O]=[Mo](=[O])([OH])[OH]. The molecule has 0 bridgehead atoms. The van der Waals surface area contributed by atoms with Crippen LogP contribution < -0.4 is 34.4 Å². The minimum atomic E-state index is -5.52. The molecule has 0 aromatic carbocycles. The third-order valence-corrected chi connectivity index (χ3v) is 0.500. The van der Waals surface area contributed by atoms with Gasteiger partial charge in [-0.2, -0.15) is 0 Å². The molecule has 10 nitrogen and oxygen atoms in total. The molecule has 14 N–H and O–H groups in total. The van der Waals surface area contributed by atoms with Crippen molar-refractivity contribution in [1.82, 2.24) is 0 Å². The molecule has 0 aliphatic rings. The standard InChI is InChI=1S/3C2H8N2.Mo.2H2O.2O/c3*3-1-2-4;;;;;/h3*1-4H2;;2*1H2;;/q;;;+2;;;;/p-2. The predicted octanol–water partition coefficient (Wildman–Crippen LogP) is -4.64. The molecule has 0 fully saturated rings. The molecule has 0 radical (unpaired) electrons. The second kappa shape index (κ2) is 25.0. The summed E-state index contributed by atoms with van der Waals surface area (Å²) in [6.07, 6.45) is 0. The Balaban J connectivity index is -0.0000000667. The van der Waals surface area contributed by atoms with Crippen LogP contribution in [0.4, 0.5) is 0 Å². The van der Waals surface area contributed by atoms with Crippen LogP contribution in [-0.2, 0) is 23.5 Å². The second-order valence-electron chi connectivity index (χ2n) is 2.18. The van der Waals surface area contributed by atoms with Gasteiger partial charge in [-0.1, -0.05) is 0 Å². The summed E-state index contributed by atoms with van der Waals surface area (Å²) in [6.45, 7) is 3.58. The van der Waals surface area contributed by atoms with E-state index in [9.17, 15) is 0 Å². The fourth-order valence-electron chi connectivity index (χ4n) is 0. The van der Waals surface area contributed by atoms with Gasteiger partial charge in [0, 0.05) is 39.3 Å². The second-order valence-corrected chi connectivity index (χ2v) is 4.38. The molecular formula is C6H26MoN6O4. The van der Waals surface area contributed by atoms with Crippen LogP contribution in [0.5, 0.6) is 0 Å². The summed E-state index contributed by atoms with van der Waals surface area (Å²) in [6, 6.07) is 0. The Hall–Kier alpha value is -0.0317. The van der Waals surface area contributed by atoms with Crippen molar-refractivity contribution < 1.29 is 31.1 Å². The third kappa shape index (κ3) is 354. The van der Waals surface area contributed by atoms with Crippen LogP contribution in [0.25, 0.3) is 0 Å². The number of rotatable bonds is 3. The molecule has 0 saturated heterocycles. The molecule has 0 aromatic heterocycles. The van der Waals surface area contributed by atoms with Crippen LogP contribution in [0.15, 0.2) is 0 Å². The van der Waals surface area contributed by atoms with E-state index >= 15 is 0 Å². The van der Waals surface area contributed by atoms with Crippen LogP contribution in [0, 0.1) is 0 Å². The van der Waals surface area contributed by atoms with Crippen molar-refractivity contribution in [2.75, 3.05) is 39.3 Å². The molecule has 0 amide bonds. The van der Waals surface area contributed by atoms with Crippen molar-refractivity contribution in [2.24, 2.45) is 34.4 Å². The Kier molecular flexibility index (Phi) is 37.8. The van der Waals surface area contributed by atoms with Gasteiger partial charge < -0.3 is 34.4 Å². The maximum atomic E-state index is 8.85. The molecule has 0 unspecified atom stereocenters. The van der Waals surface area contributed by atoms with Crippen molar-refractivity contribution in [3.05, 3.63) is 0 Å². The minimum absolute atomic E-state index is 0.597. The summed E-state index contributed by atoms with van der Waals surface area (Å²) in [7, 11) is 0. The van der Waals surface area contributed by atoms with Gasteiger partial charge in [-0.15, -0.1) is 0 Å². The topological polar surface area (TPSA) is 231 Å². The van der Waals surface area contributed by atoms with E-state index in [0.29, 0.717) is 39.3 Å². The Morgan fingerprint density at radius 2 is 0.647 bits per heavy atom. The molecule has 11 heteroatoms. The first kappa shape index (κ1) is 25.7. The molecule has 0 aliphatic heterocycles. The van der Waals surface area contributed by atoms with E-state index in [1.807, 2.05) is 0 Å². The third-order valence-electron chi connectivity index (χ3n) is 0.500. The van der Waals surface area contributed by atoms with E-state index in [1.54, 1.807) is 0 Å². The van der Waals surface area contributed by atoms with Crippen molar-refractivity contribution >= 4 is 0 Å². The number of hydrogen-bond donors (Lipinski definition) is 8. The van der Waals surface area contributed by atoms with Gasteiger partial charge in [0.25, 0.3) is 0 Å². The molecule has 110 valence electrons. The van der Waals surface area contributed by atoms with Gasteiger partial charge in [0.1, 0.15) is 0 Å². The van der Waals surface area contributed by atoms with Gasteiger partial charge >= 0.3 is 31.1 Å². The van der Waals surface area contributed by atoms with Gasteiger partial charge in [0.15, 0.2) is 0 Å². The van der Waals surface area contributed by atoms with Crippen LogP contribution >= 0.6 is 0 Å². The summed E-state index contributed by atoms with van der Waals surface area (Å²) < 4.78 is 32.0. The van der Waals surface area contributed by atoms with E-state index in [-0.39, 0.29) is 0 Å². The molecule has 0 aromatic rings. The molecule has 17 heavy (non-hydrogen) atoms. The van der Waals surface area contributed by atoms with E-state index in [1.165, 1.54) is 0 Å². The van der Waals surface area contributed by atoms with Crippen molar-refractivity contribution in [3.8, 4) is 0 Å². The average molecular weight is 342 g/mol. The average Bonchev–Trinajstić information content (AvgIpc) is 2.27. The first-order valence-electron chi connectivity index (χ1n) is 4.65. The molecule has 0 aliphatic carbocycles. The molecule has 0 rings (SSSR count). The first-order chi connectivity index (χ1) is 7.74. The van der Waals surface area contributed by atoms with E-state index < -0.39 is 16.7 Å². The van der Waals surface area contributed by atoms with E-state index in [2.05, 4.69) is 0 Å². The Bertz CT molecular complexity index is 165. The van der Waals surface area contributed by atoms with Crippen LogP contribution in [0.2, 0.25) is 0 Å². The van der Waals surface area contributed by atoms with Gasteiger partial charge in [-0.3, -0.25) is 0 Å². The fourth-order valence-corrected chi connectivity index (χ4v) is 0. The van der Waals surface area contributed by atoms with Gasteiger partial charge in [0.2, 0.25) is 0 Å². The van der Waals surface area contributed by atoms with Gasteiger partial charge in [-0.25, -0.2) is 0 Å². The molecule has 0 atom stereocenters. The van der Waals surface area contributed by atoms with Gasteiger partial charge in [-0.05, 0) is 0 Å². The number of hydrogen-bond acceptors (Lipinski definition) is 8. The summed E-state index contributed by atoms with van der Waals surface area (Å²) >= 11 is -5.52. The van der Waals surface area contributed by atoms with Gasteiger partial charge in [0.05, 0.1) is 0 Å². The van der Waals surface area contributed by atoms with Crippen LogP contribution in [0.1, 0.15) is 0 Å². The summed E-state index contributed by atoms with van der Waals surface area (Å²) in [4.78, 5) is 0. The van der Waals surface area contributed by atoms with Crippen molar-refractivity contribution in [2.45, 2.75) is 0 Å². The zero-order valence-electron chi connectivity index (χ0n) is 9.83. The molecule has 0 saturated carbocycles. The Labute approximate surface area is 105 Å². The molecular weight excluding hydrogens is 316 g/mol. The molecule has 0 heterocycles. The molecule has 0 spiro atoms. The monoisotopic (exact) mass is 344 g/mol.